The Kier molecular flexibility index (Phi) is 4.19. The van der Waals surface area contributed by atoms with Crippen LogP contribution in [-0.4, -0.2) is 11.0 Å². The zero-order valence-electron chi connectivity index (χ0n) is 12.2. The van der Waals surface area contributed by atoms with Crippen LogP contribution in [0.1, 0.15) is 29.5 Å². The highest BCUT2D eigenvalue weighted by Crippen LogP contribution is 2.48. The van der Waals surface area contributed by atoms with E-state index in [1.165, 1.54) is 0 Å². The highest BCUT2D eigenvalue weighted by molar-refractivity contribution is 6.30. The Hall–Kier alpha value is -1.84. The van der Waals surface area contributed by atoms with Gasteiger partial charge in [-0.1, -0.05) is 48.0 Å². The van der Waals surface area contributed by atoms with Crippen LogP contribution in [0.2, 0.25) is 5.02 Å². The lowest BCUT2D eigenvalue weighted by Crippen LogP contribution is -2.34. The van der Waals surface area contributed by atoms with Gasteiger partial charge in [0.2, 0.25) is 5.91 Å². The highest BCUT2D eigenvalue weighted by atomic mass is 35.5. The van der Waals surface area contributed by atoms with E-state index in [9.17, 15) is 9.90 Å². The van der Waals surface area contributed by atoms with Crippen molar-refractivity contribution >= 4 is 17.5 Å². The maximum absolute atomic E-state index is 12.6. The quantitative estimate of drug-likeness (QED) is 0.890. The molecule has 2 aromatic carbocycles. The summed E-state index contributed by atoms with van der Waals surface area (Å²) in [6, 6.07) is 15.1. The molecule has 0 aromatic heterocycles. The van der Waals surface area contributed by atoms with E-state index in [0.29, 0.717) is 11.6 Å². The Bertz CT molecular complexity index is 678. The molecule has 1 amide bonds. The van der Waals surface area contributed by atoms with Crippen LogP contribution in [0.3, 0.4) is 0 Å². The minimum absolute atomic E-state index is 0.0195. The Balaban J connectivity index is 1.71. The summed E-state index contributed by atoms with van der Waals surface area (Å²) in [5.41, 5.74) is 2.41. The van der Waals surface area contributed by atoms with Gasteiger partial charge >= 0.3 is 0 Å². The average Bonchev–Trinajstić information content (AvgIpc) is 3.35. The van der Waals surface area contributed by atoms with Gasteiger partial charge < -0.3 is 10.4 Å². The minimum Gasteiger partial charge on any atom is -0.392 e. The van der Waals surface area contributed by atoms with E-state index in [1.807, 2.05) is 48.5 Å². The number of benzene rings is 2. The topological polar surface area (TPSA) is 49.3 Å². The normalized spacial score (nSPS) is 15.4. The number of nitrogens with one attached hydrogen (secondary N) is 1. The molecule has 2 N–H and O–H groups in total. The maximum atomic E-state index is 12.6. The lowest BCUT2D eigenvalue weighted by atomic mass is 9.95. The van der Waals surface area contributed by atoms with Gasteiger partial charge in [0.15, 0.2) is 0 Å². The SMILES string of the molecule is O=C(NCc1ccccc1CO)C1(c2ccc(Cl)cc2)CC1. The van der Waals surface area contributed by atoms with E-state index < -0.39 is 5.41 Å². The smallest absolute Gasteiger partial charge is 0.230 e. The molecular formula is C18H18ClNO2. The molecule has 0 atom stereocenters. The van der Waals surface area contributed by atoms with Crippen LogP contribution in [0, 0.1) is 0 Å². The molecule has 1 aliphatic rings. The molecule has 0 aliphatic heterocycles. The maximum Gasteiger partial charge on any atom is 0.230 e. The number of hydrogen-bond donors (Lipinski definition) is 2. The van der Waals surface area contributed by atoms with Crippen LogP contribution in [0.4, 0.5) is 0 Å². The number of aliphatic hydroxyl groups is 1. The van der Waals surface area contributed by atoms with Gasteiger partial charge in [0.05, 0.1) is 12.0 Å². The molecule has 0 radical (unpaired) electrons. The average molecular weight is 316 g/mol. The van der Waals surface area contributed by atoms with Gasteiger partial charge in [-0.3, -0.25) is 4.79 Å². The van der Waals surface area contributed by atoms with E-state index in [4.69, 9.17) is 11.6 Å². The van der Waals surface area contributed by atoms with Gasteiger partial charge in [-0.2, -0.15) is 0 Å². The number of carbonyl (C=O) groups is 1. The van der Waals surface area contributed by atoms with Gasteiger partial charge in [-0.25, -0.2) is 0 Å². The summed E-state index contributed by atoms with van der Waals surface area (Å²) < 4.78 is 0. The molecule has 0 unspecified atom stereocenters. The van der Waals surface area contributed by atoms with Crippen LogP contribution < -0.4 is 5.32 Å². The van der Waals surface area contributed by atoms with Crippen molar-refractivity contribution in [1.82, 2.24) is 5.32 Å². The van der Waals surface area contributed by atoms with Crippen molar-refractivity contribution in [2.75, 3.05) is 0 Å². The lowest BCUT2D eigenvalue weighted by Gasteiger charge is -2.17. The van der Waals surface area contributed by atoms with E-state index in [1.54, 1.807) is 0 Å². The van der Waals surface area contributed by atoms with Crippen LogP contribution in [0.25, 0.3) is 0 Å². The van der Waals surface area contributed by atoms with Gasteiger partial charge in [0, 0.05) is 11.6 Å². The molecule has 114 valence electrons. The largest absolute Gasteiger partial charge is 0.392 e. The van der Waals surface area contributed by atoms with E-state index in [2.05, 4.69) is 5.32 Å². The Labute approximate surface area is 134 Å². The van der Waals surface area contributed by atoms with Gasteiger partial charge in [0.25, 0.3) is 0 Å². The van der Waals surface area contributed by atoms with Crippen molar-refractivity contribution in [2.24, 2.45) is 0 Å². The molecule has 1 fully saturated rings. The predicted molar refractivity (Wildman–Crippen MR) is 86.6 cm³/mol. The van der Waals surface area contributed by atoms with Crippen molar-refractivity contribution in [1.29, 1.82) is 0 Å². The summed E-state index contributed by atoms with van der Waals surface area (Å²) in [6.07, 6.45) is 1.73. The van der Waals surface area contributed by atoms with E-state index in [0.717, 1.165) is 29.5 Å². The van der Waals surface area contributed by atoms with Crippen molar-refractivity contribution < 1.29 is 9.90 Å². The fraction of sp³-hybridized carbons (Fsp3) is 0.278. The van der Waals surface area contributed by atoms with Crippen LogP contribution in [0.15, 0.2) is 48.5 Å². The molecule has 0 bridgehead atoms. The first-order valence-corrected chi connectivity index (χ1v) is 7.75. The van der Waals surface area contributed by atoms with Crippen molar-refractivity contribution in [3.05, 3.63) is 70.2 Å². The standard InChI is InChI=1S/C18H18ClNO2/c19-16-7-5-15(6-8-16)18(9-10-18)17(22)20-11-13-3-1-2-4-14(13)12-21/h1-8,21H,9-12H2,(H,20,22). The fourth-order valence-corrected chi connectivity index (χ4v) is 2.90. The van der Waals surface area contributed by atoms with E-state index in [-0.39, 0.29) is 12.5 Å². The number of rotatable bonds is 5. The third-order valence-electron chi connectivity index (χ3n) is 4.31. The number of hydrogen-bond acceptors (Lipinski definition) is 2. The molecule has 1 aliphatic carbocycles. The first kappa shape index (κ1) is 15.1. The molecule has 2 aromatic rings. The predicted octanol–water partition coefficient (Wildman–Crippen LogP) is 3.18. The number of aliphatic hydroxyl groups excluding tert-OH is 1. The van der Waals surface area contributed by atoms with Crippen molar-refractivity contribution in [2.45, 2.75) is 31.4 Å². The molecule has 0 spiro atoms. The monoisotopic (exact) mass is 315 g/mol. The fourth-order valence-electron chi connectivity index (χ4n) is 2.77. The Morgan fingerprint density at radius 2 is 1.73 bits per heavy atom. The van der Waals surface area contributed by atoms with Gasteiger partial charge in [-0.05, 0) is 41.7 Å². The number of carbonyl (C=O) groups excluding carboxylic acids is 1. The second-order valence-electron chi connectivity index (χ2n) is 5.70. The first-order valence-electron chi connectivity index (χ1n) is 7.38. The molecule has 22 heavy (non-hydrogen) atoms. The van der Waals surface area contributed by atoms with Crippen LogP contribution in [0.5, 0.6) is 0 Å². The summed E-state index contributed by atoms with van der Waals surface area (Å²) in [4.78, 5) is 12.6. The number of amides is 1. The zero-order chi connectivity index (χ0) is 15.6. The zero-order valence-corrected chi connectivity index (χ0v) is 12.9. The summed E-state index contributed by atoms with van der Waals surface area (Å²) in [6.45, 7) is 0.416. The molecule has 0 saturated heterocycles. The molecule has 4 heteroatoms. The Morgan fingerprint density at radius 3 is 2.32 bits per heavy atom. The molecule has 1 saturated carbocycles. The van der Waals surface area contributed by atoms with E-state index >= 15 is 0 Å². The van der Waals surface area contributed by atoms with Crippen molar-refractivity contribution in [3.8, 4) is 0 Å². The number of halogens is 1. The molecule has 3 nitrogen and oxygen atoms in total. The summed E-state index contributed by atoms with van der Waals surface area (Å²) in [7, 11) is 0. The summed E-state index contributed by atoms with van der Waals surface area (Å²) in [5, 5.41) is 13.0. The second-order valence-corrected chi connectivity index (χ2v) is 6.13. The molecule has 0 heterocycles. The lowest BCUT2D eigenvalue weighted by molar-refractivity contribution is -0.123. The first-order chi connectivity index (χ1) is 10.7. The summed E-state index contributed by atoms with van der Waals surface area (Å²) >= 11 is 5.91. The minimum atomic E-state index is -0.404. The molecular weight excluding hydrogens is 298 g/mol. The van der Waals surface area contributed by atoms with Gasteiger partial charge in [0.1, 0.15) is 0 Å². The van der Waals surface area contributed by atoms with Crippen LogP contribution in [-0.2, 0) is 23.4 Å². The Morgan fingerprint density at radius 1 is 1.09 bits per heavy atom. The van der Waals surface area contributed by atoms with Gasteiger partial charge in [-0.15, -0.1) is 0 Å². The van der Waals surface area contributed by atoms with Crippen molar-refractivity contribution in [3.63, 3.8) is 0 Å². The third kappa shape index (κ3) is 2.87. The molecule has 3 rings (SSSR count). The summed E-state index contributed by atoms with van der Waals surface area (Å²) in [5.74, 6) is 0.0440. The third-order valence-corrected chi connectivity index (χ3v) is 4.56. The second kappa shape index (κ2) is 6.11. The highest BCUT2D eigenvalue weighted by Gasteiger charge is 2.51. The van der Waals surface area contributed by atoms with Crippen LogP contribution >= 0.6 is 11.6 Å².